The number of hydrogen-bond donors (Lipinski definition) is 1. The first-order chi connectivity index (χ1) is 14.1. The number of aryl methyl sites for hydroxylation is 1. The smallest absolute Gasteiger partial charge is 0.230 e. The van der Waals surface area contributed by atoms with E-state index in [2.05, 4.69) is 31.3 Å². The number of hydrogen-bond acceptors (Lipinski definition) is 7. The number of aromatic hydroxyl groups is 1. The molecule has 6 nitrogen and oxygen atoms in total. The van der Waals surface area contributed by atoms with Crippen molar-refractivity contribution < 1.29 is 9.50 Å². The molecule has 3 aromatic heterocycles. The van der Waals surface area contributed by atoms with Crippen molar-refractivity contribution in [1.29, 1.82) is 0 Å². The highest BCUT2D eigenvalue weighted by Crippen LogP contribution is 2.41. The number of nitrogens with zero attached hydrogens (tertiary/aromatic N) is 5. The molecule has 4 aromatic rings. The average molecular weight is 430 g/mol. The maximum atomic E-state index is 13.2. The number of thiazole rings is 1. The summed E-state index contributed by atoms with van der Waals surface area (Å²) in [7, 11) is 0. The molecule has 0 amide bonds. The molecule has 0 bridgehead atoms. The van der Waals surface area contributed by atoms with E-state index < -0.39 is 0 Å². The first-order valence-electron chi connectivity index (χ1n) is 9.43. The molecule has 150 valence electrons. The molecule has 0 saturated carbocycles. The van der Waals surface area contributed by atoms with Gasteiger partial charge in [0.2, 0.25) is 10.8 Å². The van der Waals surface area contributed by atoms with Gasteiger partial charge in [0, 0.05) is 36.7 Å². The van der Waals surface area contributed by atoms with Gasteiger partial charge in [-0.1, -0.05) is 17.4 Å². The summed E-state index contributed by atoms with van der Waals surface area (Å²) in [5, 5.41) is 17.2. The van der Waals surface area contributed by atoms with Crippen LogP contribution in [0.5, 0.6) is 5.88 Å². The average Bonchev–Trinajstić information content (AvgIpc) is 3.43. The number of anilines is 1. The molecule has 0 radical (unpaired) electrons. The summed E-state index contributed by atoms with van der Waals surface area (Å²) in [4.78, 5) is 11.9. The predicted molar refractivity (Wildman–Crippen MR) is 114 cm³/mol. The van der Waals surface area contributed by atoms with Crippen LogP contribution in [0.25, 0.3) is 4.96 Å². The van der Waals surface area contributed by atoms with Gasteiger partial charge < -0.3 is 10.0 Å². The molecule has 1 aromatic carbocycles. The zero-order chi connectivity index (χ0) is 20.0. The summed E-state index contributed by atoms with van der Waals surface area (Å²) in [6, 6.07) is 10.8. The van der Waals surface area contributed by atoms with Gasteiger partial charge in [-0.15, -0.1) is 16.4 Å². The van der Waals surface area contributed by atoms with Crippen molar-refractivity contribution in [3.63, 3.8) is 0 Å². The van der Waals surface area contributed by atoms with E-state index >= 15 is 0 Å². The number of rotatable bonds is 4. The van der Waals surface area contributed by atoms with E-state index in [0.717, 1.165) is 36.7 Å². The molecule has 1 aliphatic heterocycles. The molecule has 4 heterocycles. The summed E-state index contributed by atoms with van der Waals surface area (Å²) in [6.07, 6.45) is 0. The quantitative estimate of drug-likeness (QED) is 0.533. The second-order valence-corrected chi connectivity index (χ2v) is 9.05. The van der Waals surface area contributed by atoms with E-state index in [1.165, 1.54) is 32.9 Å². The zero-order valence-electron chi connectivity index (χ0n) is 15.8. The van der Waals surface area contributed by atoms with Gasteiger partial charge in [0.05, 0.1) is 10.9 Å². The van der Waals surface area contributed by atoms with Crippen molar-refractivity contribution >= 4 is 33.3 Å². The highest BCUT2D eigenvalue weighted by molar-refractivity contribution is 7.17. The fourth-order valence-electron chi connectivity index (χ4n) is 3.84. The van der Waals surface area contributed by atoms with Gasteiger partial charge >= 0.3 is 0 Å². The summed E-state index contributed by atoms with van der Waals surface area (Å²) in [5.41, 5.74) is 1.04. The standard InChI is InChI=1S/C20H20FN5OS2/c1-13-22-20-26(23-13)19(27)18(29-20)17(16-3-2-12-28-16)25-10-8-24(9-11-25)15-6-4-14(21)5-7-15/h2-7,12,17,27H,8-11H2,1H3. The second-order valence-electron chi connectivity index (χ2n) is 7.06. The number of aromatic nitrogens is 3. The van der Waals surface area contributed by atoms with Crippen LogP contribution in [-0.4, -0.2) is 50.8 Å². The molecule has 9 heteroatoms. The van der Waals surface area contributed by atoms with Crippen LogP contribution < -0.4 is 4.90 Å². The van der Waals surface area contributed by atoms with Crippen molar-refractivity contribution in [2.24, 2.45) is 0 Å². The highest BCUT2D eigenvalue weighted by Gasteiger charge is 2.32. The van der Waals surface area contributed by atoms with Gasteiger partial charge in [0.15, 0.2) is 0 Å². The van der Waals surface area contributed by atoms with Gasteiger partial charge in [-0.2, -0.15) is 4.52 Å². The van der Waals surface area contributed by atoms with Gasteiger partial charge in [0.25, 0.3) is 0 Å². The van der Waals surface area contributed by atoms with Crippen LogP contribution in [0.15, 0.2) is 41.8 Å². The third-order valence-electron chi connectivity index (χ3n) is 5.24. The van der Waals surface area contributed by atoms with Crippen molar-refractivity contribution in [1.82, 2.24) is 19.5 Å². The van der Waals surface area contributed by atoms with Crippen LogP contribution in [0.3, 0.4) is 0 Å². The van der Waals surface area contributed by atoms with E-state index in [1.54, 1.807) is 11.3 Å². The topological polar surface area (TPSA) is 56.9 Å². The largest absolute Gasteiger partial charge is 0.492 e. The Labute approximate surface area is 175 Å². The number of thiophene rings is 1. The monoisotopic (exact) mass is 429 g/mol. The normalized spacial score (nSPS) is 16.6. The summed E-state index contributed by atoms with van der Waals surface area (Å²) in [6.45, 7) is 5.19. The van der Waals surface area contributed by atoms with Crippen LogP contribution in [-0.2, 0) is 0 Å². The van der Waals surface area contributed by atoms with E-state index in [0.29, 0.717) is 10.8 Å². The Kier molecular flexibility index (Phi) is 4.73. The van der Waals surface area contributed by atoms with Crippen molar-refractivity contribution in [3.05, 3.63) is 63.2 Å². The number of piperazine rings is 1. The Morgan fingerprint density at radius 2 is 1.86 bits per heavy atom. The van der Waals surface area contributed by atoms with Crippen molar-refractivity contribution in [2.75, 3.05) is 31.1 Å². The van der Waals surface area contributed by atoms with Crippen LogP contribution >= 0.6 is 22.7 Å². The molecule has 1 N–H and O–H groups in total. The number of benzene rings is 1. The second kappa shape index (κ2) is 7.40. The van der Waals surface area contributed by atoms with Crippen molar-refractivity contribution in [3.8, 4) is 5.88 Å². The number of fused-ring (bicyclic) bond motifs is 1. The summed E-state index contributed by atoms with van der Waals surface area (Å²) < 4.78 is 14.8. The molecule has 29 heavy (non-hydrogen) atoms. The van der Waals surface area contributed by atoms with E-state index in [9.17, 15) is 9.50 Å². The fraction of sp³-hybridized carbons (Fsp3) is 0.300. The van der Waals surface area contributed by atoms with Crippen LogP contribution in [0, 0.1) is 12.7 Å². The van der Waals surface area contributed by atoms with Crippen LogP contribution in [0.1, 0.15) is 21.6 Å². The minimum atomic E-state index is -0.216. The third kappa shape index (κ3) is 3.39. The van der Waals surface area contributed by atoms with Gasteiger partial charge in [-0.25, -0.2) is 9.37 Å². The Morgan fingerprint density at radius 3 is 2.52 bits per heavy atom. The Bertz CT molecular complexity index is 1110. The third-order valence-corrected chi connectivity index (χ3v) is 7.24. The lowest BCUT2D eigenvalue weighted by molar-refractivity contribution is 0.213. The van der Waals surface area contributed by atoms with E-state index in [1.807, 2.05) is 25.1 Å². The Balaban J connectivity index is 1.43. The zero-order valence-corrected chi connectivity index (χ0v) is 17.5. The molecule has 0 spiro atoms. The highest BCUT2D eigenvalue weighted by atomic mass is 32.1. The molecule has 5 rings (SSSR count). The van der Waals surface area contributed by atoms with Gasteiger partial charge in [-0.05, 0) is 42.6 Å². The molecular formula is C20H20FN5OS2. The van der Waals surface area contributed by atoms with Crippen LogP contribution in [0.2, 0.25) is 0 Å². The molecule has 1 saturated heterocycles. The van der Waals surface area contributed by atoms with Crippen LogP contribution in [0.4, 0.5) is 10.1 Å². The first-order valence-corrected chi connectivity index (χ1v) is 11.1. The van der Waals surface area contributed by atoms with E-state index in [4.69, 9.17) is 0 Å². The minimum absolute atomic E-state index is 0.0285. The Hall–Kier alpha value is -2.49. The predicted octanol–water partition coefficient (Wildman–Crippen LogP) is 3.92. The molecular weight excluding hydrogens is 409 g/mol. The molecule has 1 atom stereocenters. The molecule has 0 aliphatic carbocycles. The lowest BCUT2D eigenvalue weighted by atomic mass is 10.1. The summed E-state index contributed by atoms with van der Waals surface area (Å²) >= 11 is 3.18. The fourth-order valence-corrected chi connectivity index (χ4v) is 5.93. The lowest BCUT2D eigenvalue weighted by Gasteiger charge is -2.39. The summed E-state index contributed by atoms with van der Waals surface area (Å²) in [5.74, 6) is 0.607. The molecule has 1 fully saturated rings. The maximum absolute atomic E-state index is 13.2. The maximum Gasteiger partial charge on any atom is 0.230 e. The minimum Gasteiger partial charge on any atom is -0.492 e. The van der Waals surface area contributed by atoms with Gasteiger partial charge in [-0.3, -0.25) is 4.90 Å². The van der Waals surface area contributed by atoms with E-state index in [-0.39, 0.29) is 17.7 Å². The molecule has 1 unspecified atom stereocenters. The number of halogens is 1. The molecule has 1 aliphatic rings. The first kappa shape index (κ1) is 18.5. The Morgan fingerprint density at radius 1 is 1.10 bits per heavy atom. The lowest BCUT2D eigenvalue weighted by Crippen LogP contribution is -2.47. The van der Waals surface area contributed by atoms with Gasteiger partial charge in [0.1, 0.15) is 11.6 Å². The van der Waals surface area contributed by atoms with Crippen molar-refractivity contribution in [2.45, 2.75) is 13.0 Å². The SMILES string of the molecule is Cc1nc2sc(C(c3cccs3)N3CCN(c4ccc(F)cc4)CC3)c(O)n2n1.